The molecule has 0 saturated heterocycles. The molecule has 0 aromatic heterocycles. The summed E-state index contributed by atoms with van der Waals surface area (Å²) < 4.78 is 0.719. The Morgan fingerprint density at radius 3 is 2.71 bits per heavy atom. The zero-order valence-electron chi connectivity index (χ0n) is 9.71. The number of hydrogen-bond donors (Lipinski definition) is 2. The van der Waals surface area contributed by atoms with Gasteiger partial charge in [-0.1, -0.05) is 13.8 Å². The van der Waals surface area contributed by atoms with Crippen LogP contribution in [0.4, 0.5) is 0 Å². The van der Waals surface area contributed by atoms with Gasteiger partial charge in [0.05, 0.1) is 8.95 Å². The van der Waals surface area contributed by atoms with E-state index in [-0.39, 0.29) is 17.0 Å². The molecule has 1 amide bonds. The molecular weight excluding hydrogens is 352 g/mol. The minimum atomic E-state index is -0.219. The van der Waals surface area contributed by atoms with Gasteiger partial charge in [-0.05, 0) is 46.7 Å². The zero-order valence-corrected chi connectivity index (χ0v) is 12.6. The van der Waals surface area contributed by atoms with Gasteiger partial charge in [-0.25, -0.2) is 0 Å². The quantitative estimate of drug-likeness (QED) is 0.635. The number of carbonyl (C=O) groups excluding carboxylic acids is 1. The summed E-state index contributed by atoms with van der Waals surface area (Å²) in [4.78, 5) is 11.8. The number of halogens is 2. The molecule has 0 saturated carbocycles. The maximum Gasteiger partial charge on any atom is 0.251 e. The first-order chi connectivity index (χ1) is 7.91. The van der Waals surface area contributed by atoms with Crippen LogP contribution in [0.5, 0.6) is 5.75 Å². The van der Waals surface area contributed by atoms with E-state index in [1.807, 2.05) is 36.4 Å². The van der Waals surface area contributed by atoms with E-state index in [0.29, 0.717) is 18.0 Å². The van der Waals surface area contributed by atoms with Gasteiger partial charge in [-0.15, -0.1) is 11.6 Å². The van der Waals surface area contributed by atoms with Crippen LogP contribution < -0.4 is 5.32 Å². The minimum Gasteiger partial charge on any atom is -0.507 e. The molecule has 0 radical (unpaired) electrons. The van der Waals surface area contributed by atoms with Gasteiger partial charge in [0, 0.05) is 12.1 Å². The SMILES string of the molecule is CC(C)C(Cl)CNC(=O)c1ccc(I)c(O)c1. The van der Waals surface area contributed by atoms with Crippen molar-refractivity contribution in [2.75, 3.05) is 6.54 Å². The second kappa shape index (κ2) is 6.44. The molecule has 0 spiro atoms. The zero-order chi connectivity index (χ0) is 13.0. The smallest absolute Gasteiger partial charge is 0.251 e. The Balaban J connectivity index is 2.61. The van der Waals surface area contributed by atoms with Crippen LogP contribution in [0.25, 0.3) is 0 Å². The van der Waals surface area contributed by atoms with Crippen molar-refractivity contribution in [3.05, 3.63) is 27.3 Å². The molecule has 1 rings (SSSR count). The summed E-state index contributed by atoms with van der Waals surface area (Å²) in [5.41, 5.74) is 0.440. The third-order valence-electron chi connectivity index (χ3n) is 2.39. The fraction of sp³-hybridized carbons (Fsp3) is 0.417. The lowest BCUT2D eigenvalue weighted by Crippen LogP contribution is -2.31. The Kier molecular flexibility index (Phi) is 5.52. The number of alkyl halides is 1. The molecule has 17 heavy (non-hydrogen) atoms. The average Bonchev–Trinajstić information content (AvgIpc) is 2.28. The first-order valence-electron chi connectivity index (χ1n) is 5.32. The average molecular weight is 368 g/mol. The van der Waals surface area contributed by atoms with E-state index in [0.717, 1.165) is 3.57 Å². The van der Waals surface area contributed by atoms with Crippen molar-refractivity contribution in [3.63, 3.8) is 0 Å². The predicted octanol–water partition coefficient (Wildman–Crippen LogP) is 2.99. The fourth-order valence-corrected chi connectivity index (χ4v) is 1.59. The van der Waals surface area contributed by atoms with Gasteiger partial charge in [-0.2, -0.15) is 0 Å². The van der Waals surface area contributed by atoms with Crippen molar-refractivity contribution in [2.24, 2.45) is 5.92 Å². The van der Waals surface area contributed by atoms with E-state index in [1.54, 1.807) is 12.1 Å². The molecule has 2 N–H and O–H groups in total. The van der Waals surface area contributed by atoms with Crippen molar-refractivity contribution in [3.8, 4) is 5.75 Å². The molecule has 0 aliphatic heterocycles. The van der Waals surface area contributed by atoms with E-state index < -0.39 is 0 Å². The topological polar surface area (TPSA) is 49.3 Å². The molecular formula is C12H15ClINO2. The van der Waals surface area contributed by atoms with Gasteiger partial charge in [0.1, 0.15) is 5.75 Å². The van der Waals surface area contributed by atoms with E-state index >= 15 is 0 Å². The molecule has 0 aliphatic rings. The number of benzene rings is 1. The van der Waals surface area contributed by atoms with Crippen LogP contribution in [0.1, 0.15) is 24.2 Å². The highest BCUT2D eigenvalue weighted by atomic mass is 127. The van der Waals surface area contributed by atoms with Crippen LogP contribution in [0.3, 0.4) is 0 Å². The standard InChI is InChI=1S/C12H15ClINO2/c1-7(2)9(13)6-15-12(17)8-3-4-10(14)11(16)5-8/h3-5,7,9,16H,6H2,1-2H3,(H,15,17). The lowest BCUT2D eigenvalue weighted by atomic mass is 10.1. The summed E-state index contributed by atoms with van der Waals surface area (Å²) in [6.45, 7) is 4.42. The molecule has 1 atom stereocenters. The van der Waals surface area contributed by atoms with E-state index in [9.17, 15) is 9.90 Å². The number of phenols is 1. The van der Waals surface area contributed by atoms with Crippen molar-refractivity contribution < 1.29 is 9.90 Å². The summed E-state index contributed by atoms with van der Waals surface area (Å²) in [6.07, 6.45) is 0. The van der Waals surface area contributed by atoms with Crippen LogP contribution in [-0.2, 0) is 0 Å². The highest BCUT2D eigenvalue weighted by Gasteiger charge is 2.13. The summed E-state index contributed by atoms with van der Waals surface area (Å²) in [5.74, 6) is 0.203. The van der Waals surface area contributed by atoms with Crippen LogP contribution >= 0.6 is 34.2 Å². The number of amides is 1. The number of aromatic hydroxyl groups is 1. The van der Waals surface area contributed by atoms with E-state index in [2.05, 4.69) is 5.32 Å². The first kappa shape index (κ1) is 14.6. The lowest BCUT2D eigenvalue weighted by molar-refractivity contribution is 0.0952. The van der Waals surface area contributed by atoms with Gasteiger partial charge >= 0.3 is 0 Å². The molecule has 3 nitrogen and oxygen atoms in total. The van der Waals surface area contributed by atoms with E-state index in [1.165, 1.54) is 6.07 Å². The van der Waals surface area contributed by atoms with Gasteiger partial charge in [0.2, 0.25) is 0 Å². The Labute approximate surface area is 120 Å². The Bertz CT molecular complexity index is 409. The molecule has 5 heteroatoms. The second-order valence-corrected chi connectivity index (χ2v) is 5.86. The Hall–Kier alpha value is -0.490. The Morgan fingerprint density at radius 2 is 2.18 bits per heavy atom. The molecule has 1 unspecified atom stereocenters. The lowest BCUT2D eigenvalue weighted by Gasteiger charge is -2.14. The van der Waals surface area contributed by atoms with Crippen molar-refractivity contribution >= 4 is 40.1 Å². The molecule has 94 valence electrons. The summed E-state index contributed by atoms with van der Waals surface area (Å²) in [7, 11) is 0. The highest BCUT2D eigenvalue weighted by Crippen LogP contribution is 2.20. The predicted molar refractivity (Wildman–Crippen MR) is 77.6 cm³/mol. The maximum absolute atomic E-state index is 11.8. The summed E-state index contributed by atoms with van der Waals surface area (Å²) >= 11 is 8.04. The number of phenolic OH excluding ortho intramolecular Hbond substituents is 1. The summed E-state index contributed by atoms with van der Waals surface area (Å²) in [5, 5.41) is 12.2. The van der Waals surface area contributed by atoms with Gasteiger partial charge in [-0.3, -0.25) is 4.79 Å². The number of hydrogen-bond acceptors (Lipinski definition) is 2. The monoisotopic (exact) mass is 367 g/mol. The molecule has 1 aromatic carbocycles. The first-order valence-corrected chi connectivity index (χ1v) is 6.84. The molecule has 0 bridgehead atoms. The molecule has 0 aliphatic carbocycles. The van der Waals surface area contributed by atoms with Crippen molar-refractivity contribution in [2.45, 2.75) is 19.2 Å². The third-order valence-corrected chi connectivity index (χ3v) is 3.96. The van der Waals surface area contributed by atoms with Gasteiger partial charge in [0.15, 0.2) is 0 Å². The second-order valence-electron chi connectivity index (χ2n) is 4.14. The van der Waals surface area contributed by atoms with Gasteiger partial charge in [0.25, 0.3) is 5.91 Å². The number of carbonyl (C=O) groups is 1. The maximum atomic E-state index is 11.8. The third kappa shape index (κ3) is 4.35. The molecule has 0 heterocycles. The number of rotatable bonds is 4. The van der Waals surface area contributed by atoms with Crippen molar-refractivity contribution in [1.82, 2.24) is 5.32 Å². The van der Waals surface area contributed by atoms with Gasteiger partial charge < -0.3 is 10.4 Å². The number of nitrogens with one attached hydrogen (secondary N) is 1. The molecule has 0 fully saturated rings. The summed E-state index contributed by atoms with van der Waals surface area (Å²) in [6, 6.07) is 4.83. The van der Waals surface area contributed by atoms with Crippen molar-refractivity contribution in [1.29, 1.82) is 0 Å². The Morgan fingerprint density at radius 1 is 1.53 bits per heavy atom. The minimum absolute atomic E-state index is 0.0867. The normalized spacial score (nSPS) is 12.5. The van der Waals surface area contributed by atoms with Crippen LogP contribution in [-0.4, -0.2) is 22.9 Å². The van der Waals surface area contributed by atoms with E-state index in [4.69, 9.17) is 11.6 Å². The van der Waals surface area contributed by atoms with Crippen LogP contribution in [0, 0.1) is 9.49 Å². The largest absolute Gasteiger partial charge is 0.507 e. The molecule has 1 aromatic rings. The van der Waals surface area contributed by atoms with Crippen LogP contribution in [0.2, 0.25) is 0 Å². The fourth-order valence-electron chi connectivity index (χ4n) is 1.18. The van der Waals surface area contributed by atoms with Crippen LogP contribution in [0.15, 0.2) is 18.2 Å². The highest BCUT2D eigenvalue weighted by molar-refractivity contribution is 14.1.